The molecule has 1 aromatic heterocycles. The van der Waals surface area contributed by atoms with E-state index in [1.807, 2.05) is 36.6 Å². The molecule has 112 valence electrons. The van der Waals surface area contributed by atoms with Crippen molar-refractivity contribution < 1.29 is 9.53 Å². The Morgan fingerprint density at radius 3 is 2.67 bits per heavy atom. The molecule has 1 heterocycles. The quantitative estimate of drug-likeness (QED) is 0.891. The van der Waals surface area contributed by atoms with Crippen LogP contribution in [0.5, 0.6) is 5.75 Å². The highest BCUT2D eigenvalue weighted by atomic mass is 32.1. The van der Waals surface area contributed by atoms with Crippen molar-refractivity contribution in [3.63, 3.8) is 0 Å². The van der Waals surface area contributed by atoms with Crippen molar-refractivity contribution >= 4 is 28.1 Å². The van der Waals surface area contributed by atoms with Crippen LogP contribution in [0.15, 0.2) is 29.6 Å². The maximum atomic E-state index is 11.5. The fraction of sp³-hybridized carbons (Fsp3) is 0.333. The number of carbonyl (C=O) groups excluding carboxylic acids is 1. The van der Waals surface area contributed by atoms with E-state index in [1.54, 1.807) is 18.9 Å². The standard InChI is InChI=1S/C15H19N3O2S/c1-4-18(11(2)19)15-17-13(10-21-15)9-16-12-5-7-14(20-3)8-6-12/h5-8,10,16H,4,9H2,1-3H3. The third-order valence-electron chi connectivity index (χ3n) is 3.03. The lowest BCUT2D eigenvalue weighted by Crippen LogP contribution is -2.27. The highest BCUT2D eigenvalue weighted by Crippen LogP contribution is 2.22. The van der Waals surface area contributed by atoms with E-state index < -0.39 is 0 Å². The molecule has 0 spiro atoms. The molecular formula is C15H19N3O2S. The number of amides is 1. The first-order chi connectivity index (χ1) is 10.1. The first-order valence-electron chi connectivity index (χ1n) is 6.74. The van der Waals surface area contributed by atoms with E-state index in [2.05, 4.69) is 10.3 Å². The summed E-state index contributed by atoms with van der Waals surface area (Å²) >= 11 is 1.49. The second kappa shape index (κ2) is 7.08. The van der Waals surface area contributed by atoms with E-state index in [0.717, 1.165) is 22.3 Å². The Morgan fingerprint density at radius 2 is 2.10 bits per heavy atom. The van der Waals surface area contributed by atoms with Gasteiger partial charge in [-0.1, -0.05) is 0 Å². The zero-order valence-electron chi connectivity index (χ0n) is 12.4. The van der Waals surface area contributed by atoms with Crippen LogP contribution in [-0.2, 0) is 11.3 Å². The number of hydrogen-bond acceptors (Lipinski definition) is 5. The number of nitrogens with zero attached hydrogens (tertiary/aromatic N) is 2. The summed E-state index contributed by atoms with van der Waals surface area (Å²) in [6.07, 6.45) is 0. The summed E-state index contributed by atoms with van der Waals surface area (Å²) in [5, 5.41) is 6.01. The van der Waals surface area contributed by atoms with Gasteiger partial charge in [0.2, 0.25) is 5.91 Å². The predicted molar refractivity (Wildman–Crippen MR) is 86.1 cm³/mol. The predicted octanol–water partition coefficient (Wildman–Crippen LogP) is 3.14. The molecule has 0 aliphatic rings. The molecule has 0 aliphatic heterocycles. The fourth-order valence-electron chi connectivity index (χ4n) is 1.90. The lowest BCUT2D eigenvalue weighted by molar-refractivity contribution is -0.116. The highest BCUT2D eigenvalue weighted by Gasteiger charge is 2.13. The van der Waals surface area contributed by atoms with Crippen LogP contribution in [0.4, 0.5) is 10.8 Å². The Bertz CT molecular complexity index is 595. The summed E-state index contributed by atoms with van der Waals surface area (Å²) in [6, 6.07) is 7.73. The third-order valence-corrected chi connectivity index (χ3v) is 3.94. The van der Waals surface area contributed by atoms with Crippen molar-refractivity contribution in [2.45, 2.75) is 20.4 Å². The van der Waals surface area contributed by atoms with E-state index >= 15 is 0 Å². The van der Waals surface area contributed by atoms with Gasteiger partial charge in [-0.3, -0.25) is 9.69 Å². The van der Waals surface area contributed by atoms with Crippen molar-refractivity contribution in [2.75, 3.05) is 23.9 Å². The number of aromatic nitrogens is 1. The van der Waals surface area contributed by atoms with Crippen LogP contribution in [0.25, 0.3) is 0 Å². The third kappa shape index (κ3) is 3.95. The van der Waals surface area contributed by atoms with Gasteiger partial charge in [-0.2, -0.15) is 0 Å². The van der Waals surface area contributed by atoms with Crippen molar-refractivity contribution in [3.8, 4) is 5.75 Å². The van der Waals surface area contributed by atoms with E-state index in [4.69, 9.17) is 4.74 Å². The summed E-state index contributed by atoms with van der Waals surface area (Å²) in [5.74, 6) is 0.845. The molecule has 0 bridgehead atoms. The van der Waals surface area contributed by atoms with Crippen molar-refractivity contribution in [1.29, 1.82) is 0 Å². The highest BCUT2D eigenvalue weighted by molar-refractivity contribution is 7.14. The van der Waals surface area contributed by atoms with E-state index in [-0.39, 0.29) is 5.91 Å². The second-order valence-electron chi connectivity index (χ2n) is 4.47. The Labute approximate surface area is 128 Å². The SMILES string of the molecule is CCN(C(C)=O)c1nc(CNc2ccc(OC)cc2)cs1. The molecule has 0 unspecified atom stereocenters. The summed E-state index contributed by atoms with van der Waals surface area (Å²) in [6.45, 7) is 4.75. The summed E-state index contributed by atoms with van der Waals surface area (Å²) < 4.78 is 5.12. The summed E-state index contributed by atoms with van der Waals surface area (Å²) in [7, 11) is 1.65. The van der Waals surface area contributed by atoms with Gasteiger partial charge in [0.05, 0.1) is 19.3 Å². The van der Waals surface area contributed by atoms with E-state index in [9.17, 15) is 4.79 Å². The zero-order valence-corrected chi connectivity index (χ0v) is 13.2. The number of carbonyl (C=O) groups is 1. The number of rotatable bonds is 6. The van der Waals surface area contributed by atoms with Gasteiger partial charge in [0, 0.05) is 24.5 Å². The van der Waals surface area contributed by atoms with Gasteiger partial charge >= 0.3 is 0 Å². The van der Waals surface area contributed by atoms with Crippen molar-refractivity contribution in [3.05, 3.63) is 35.3 Å². The fourth-order valence-corrected chi connectivity index (χ4v) is 2.83. The minimum absolute atomic E-state index is 0.0153. The van der Waals surface area contributed by atoms with Crippen LogP contribution in [0.1, 0.15) is 19.5 Å². The molecule has 2 aromatic rings. The van der Waals surface area contributed by atoms with Crippen LogP contribution in [0, 0.1) is 0 Å². The monoisotopic (exact) mass is 305 g/mol. The second-order valence-corrected chi connectivity index (χ2v) is 5.30. The molecular weight excluding hydrogens is 286 g/mol. The van der Waals surface area contributed by atoms with Crippen LogP contribution >= 0.6 is 11.3 Å². The molecule has 21 heavy (non-hydrogen) atoms. The van der Waals surface area contributed by atoms with Crippen molar-refractivity contribution in [2.24, 2.45) is 0 Å². The lowest BCUT2D eigenvalue weighted by atomic mass is 10.3. The molecule has 0 fully saturated rings. The Kier molecular flexibility index (Phi) is 5.16. The molecule has 0 aliphatic carbocycles. The largest absolute Gasteiger partial charge is 0.497 e. The number of ether oxygens (including phenoxy) is 1. The zero-order chi connectivity index (χ0) is 15.2. The van der Waals surface area contributed by atoms with Crippen LogP contribution in [-0.4, -0.2) is 24.5 Å². The van der Waals surface area contributed by atoms with Gasteiger partial charge in [0.25, 0.3) is 0 Å². The molecule has 0 atom stereocenters. The molecule has 1 N–H and O–H groups in total. The normalized spacial score (nSPS) is 10.2. The number of hydrogen-bond donors (Lipinski definition) is 1. The average molecular weight is 305 g/mol. The smallest absolute Gasteiger partial charge is 0.225 e. The molecule has 2 rings (SSSR count). The molecule has 0 saturated carbocycles. The molecule has 1 aromatic carbocycles. The van der Waals surface area contributed by atoms with E-state index in [0.29, 0.717) is 13.1 Å². The Balaban J connectivity index is 1.97. The maximum absolute atomic E-state index is 11.5. The van der Waals surface area contributed by atoms with Crippen LogP contribution < -0.4 is 15.0 Å². The Morgan fingerprint density at radius 1 is 1.38 bits per heavy atom. The maximum Gasteiger partial charge on any atom is 0.225 e. The van der Waals surface area contributed by atoms with Gasteiger partial charge in [-0.15, -0.1) is 11.3 Å². The average Bonchev–Trinajstić information content (AvgIpc) is 2.94. The van der Waals surface area contributed by atoms with Crippen LogP contribution in [0.2, 0.25) is 0 Å². The summed E-state index contributed by atoms with van der Waals surface area (Å²) in [5.41, 5.74) is 1.93. The number of benzene rings is 1. The number of nitrogens with one attached hydrogen (secondary N) is 1. The number of anilines is 2. The molecule has 0 saturated heterocycles. The summed E-state index contributed by atoms with van der Waals surface area (Å²) in [4.78, 5) is 17.6. The van der Waals surface area contributed by atoms with E-state index in [1.165, 1.54) is 11.3 Å². The Hall–Kier alpha value is -2.08. The van der Waals surface area contributed by atoms with Gasteiger partial charge < -0.3 is 10.1 Å². The molecule has 1 amide bonds. The topological polar surface area (TPSA) is 54.5 Å². The van der Waals surface area contributed by atoms with Crippen LogP contribution in [0.3, 0.4) is 0 Å². The molecule has 0 radical (unpaired) electrons. The van der Waals surface area contributed by atoms with Gasteiger partial charge in [-0.05, 0) is 31.2 Å². The van der Waals surface area contributed by atoms with Gasteiger partial charge in [-0.25, -0.2) is 4.98 Å². The molecule has 5 nitrogen and oxygen atoms in total. The first-order valence-corrected chi connectivity index (χ1v) is 7.62. The minimum atomic E-state index is 0.0153. The lowest BCUT2D eigenvalue weighted by Gasteiger charge is -2.14. The van der Waals surface area contributed by atoms with Crippen molar-refractivity contribution in [1.82, 2.24) is 4.98 Å². The number of methoxy groups -OCH3 is 1. The minimum Gasteiger partial charge on any atom is -0.497 e. The van der Waals surface area contributed by atoms with Gasteiger partial charge in [0.1, 0.15) is 5.75 Å². The first kappa shape index (κ1) is 15.3. The number of thiazole rings is 1. The molecule has 6 heteroatoms. The van der Waals surface area contributed by atoms with Gasteiger partial charge in [0.15, 0.2) is 5.13 Å².